The van der Waals surface area contributed by atoms with Gasteiger partial charge in [0.2, 0.25) is 5.95 Å². The van der Waals surface area contributed by atoms with E-state index in [0.717, 1.165) is 0 Å². The van der Waals surface area contributed by atoms with Gasteiger partial charge in [-0.25, -0.2) is 15.0 Å². The van der Waals surface area contributed by atoms with Crippen molar-refractivity contribution in [2.75, 3.05) is 12.3 Å². The Balaban J connectivity index is 1.84. The normalized spacial score (nSPS) is 27.1. The number of anilines is 1. The molecule has 0 unspecified atom stereocenters. The lowest BCUT2D eigenvalue weighted by molar-refractivity contribution is -0.0511. The van der Waals surface area contributed by atoms with E-state index in [2.05, 4.69) is 19.9 Å². The van der Waals surface area contributed by atoms with Gasteiger partial charge in [0.05, 0.1) is 12.9 Å². The highest BCUT2D eigenvalue weighted by atomic mass is 32.1. The Kier molecular flexibility index (Phi) is 3.66. The summed E-state index contributed by atoms with van der Waals surface area (Å²) in [4.78, 5) is 16.9. The van der Waals surface area contributed by atoms with Gasteiger partial charge in [-0.1, -0.05) is 0 Å². The topological polar surface area (TPSA) is 152 Å². The summed E-state index contributed by atoms with van der Waals surface area (Å²) in [6.07, 6.45) is -1.21. The Hall–Kier alpha value is -2.18. The molecule has 1 saturated heterocycles. The molecule has 1 aliphatic heterocycles. The maximum Gasteiger partial charge on any atom is 0.222 e. The van der Waals surface area contributed by atoms with Crippen molar-refractivity contribution in [2.24, 2.45) is 0 Å². The standard InChI is InChI=1S/C13H14N6O4S/c14-13-17-7(11-15-1-2-24-11)6-10(18-13)19(4-16-6)12-9(22)8(21)5(3-20)23-12/h1-2,4-5,8-9,12,20-22H,3H2,(H2,14,17,18)/t5-,8-,9-,12-/m1/s1. The highest BCUT2D eigenvalue weighted by Crippen LogP contribution is 2.33. The van der Waals surface area contributed by atoms with Crippen molar-refractivity contribution in [1.29, 1.82) is 0 Å². The van der Waals surface area contributed by atoms with Crippen LogP contribution in [0, 0.1) is 0 Å². The first-order valence-corrected chi connectivity index (χ1v) is 8.00. The van der Waals surface area contributed by atoms with Gasteiger partial charge in [0.25, 0.3) is 0 Å². The van der Waals surface area contributed by atoms with Crippen LogP contribution in [0.3, 0.4) is 0 Å². The number of nitrogens with zero attached hydrogens (tertiary/aromatic N) is 5. The van der Waals surface area contributed by atoms with Gasteiger partial charge in [0, 0.05) is 11.6 Å². The molecule has 0 radical (unpaired) electrons. The van der Waals surface area contributed by atoms with Crippen LogP contribution in [-0.4, -0.2) is 64.7 Å². The minimum absolute atomic E-state index is 0.0289. The monoisotopic (exact) mass is 350 g/mol. The van der Waals surface area contributed by atoms with Gasteiger partial charge in [-0.05, 0) is 0 Å². The van der Waals surface area contributed by atoms with Gasteiger partial charge in [-0.3, -0.25) is 4.57 Å². The van der Waals surface area contributed by atoms with Gasteiger partial charge in [0.1, 0.15) is 34.5 Å². The SMILES string of the molecule is Nc1nc(-c2nccs2)c2ncn([C@@H]3O[C@H](CO)[C@@H](O)[C@H]3O)c2n1. The zero-order chi connectivity index (χ0) is 16.8. The second-order valence-electron chi connectivity index (χ2n) is 5.32. The van der Waals surface area contributed by atoms with Crippen molar-refractivity contribution in [3.8, 4) is 10.7 Å². The van der Waals surface area contributed by atoms with E-state index < -0.39 is 31.1 Å². The molecule has 0 spiro atoms. The smallest absolute Gasteiger partial charge is 0.222 e. The van der Waals surface area contributed by atoms with Gasteiger partial charge in [0.15, 0.2) is 11.9 Å². The second-order valence-corrected chi connectivity index (χ2v) is 6.22. The molecule has 0 aromatic carbocycles. The summed E-state index contributed by atoms with van der Waals surface area (Å²) in [6, 6.07) is 0. The number of hydrogen-bond donors (Lipinski definition) is 4. The lowest BCUT2D eigenvalue weighted by Gasteiger charge is -2.16. The first kappa shape index (κ1) is 15.4. The van der Waals surface area contributed by atoms with Gasteiger partial charge >= 0.3 is 0 Å². The minimum atomic E-state index is -1.24. The molecule has 4 rings (SSSR count). The Morgan fingerprint density at radius 2 is 2.08 bits per heavy atom. The average Bonchev–Trinajstić information content (AvgIpc) is 3.28. The van der Waals surface area contributed by atoms with E-state index in [4.69, 9.17) is 10.5 Å². The van der Waals surface area contributed by atoms with Crippen LogP contribution in [0.25, 0.3) is 21.9 Å². The fourth-order valence-electron chi connectivity index (χ4n) is 2.72. The molecule has 4 heterocycles. The predicted octanol–water partition coefficient (Wildman–Crippen LogP) is -0.857. The third kappa shape index (κ3) is 2.25. The Morgan fingerprint density at radius 1 is 1.25 bits per heavy atom. The number of fused-ring (bicyclic) bond motifs is 1. The molecule has 3 aromatic heterocycles. The van der Waals surface area contributed by atoms with E-state index in [1.807, 2.05) is 5.38 Å². The molecule has 24 heavy (non-hydrogen) atoms. The molecular weight excluding hydrogens is 336 g/mol. The molecule has 3 aromatic rings. The first-order chi connectivity index (χ1) is 11.6. The molecule has 11 heteroatoms. The van der Waals surface area contributed by atoms with Crippen LogP contribution < -0.4 is 5.73 Å². The lowest BCUT2D eigenvalue weighted by atomic mass is 10.1. The molecule has 0 amide bonds. The Labute approximate surface area is 139 Å². The van der Waals surface area contributed by atoms with E-state index in [1.165, 1.54) is 22.2 Å². The van der Waals surface area contributed by atoms with Crippen LogP contribution >= 0.6 is 11.3 Å². The average molecular weight is 350 g/mol. The van der Waals surface area contributed by atoms with Crippen LogP contribution in [0.1, 0.15) is 6.23 Å². The minimum Gasteiger partial charge on any atom is -0.394 e. The summed E-state index contributed by atoms with van der Waals surface area (Å²) in [5, 5.41) is 31.8. The van der Waals surface area contributed by atoms with Crippen molar-refractivity contribution in [3.63, 3.8) is 0 Å². The maximum atomic E-state index is 10.2. The largest absolute Gasteiger partial charge is 0.394 e. The van der Waals surface area contributed by atoms with Gasteiger partial charge in [-0.2, -0.15) is 4.98 Å². The van der Waals surface area contributed by atoms with Crippen LogP contribution in [0.2, 0.25) is 0 Å². The Morgan fingerprint density at radius 3 is 2.75 bits per heavy atom. The van der Waals surface area contributed by atoms with Crippen LogP contribution in [0.15, 0.2) is 17.9 Å². The van der Waals surface area contributed by atoms with E-state index in [0.29, 0.717) is 21.9 Å². The van der Waals surface area contributed by atoms with Crippen LogP contribution in [0.4, 0.5) is 5.95 Å². The van der Waals surface area contributed by atoms with Crippen molar-refractivity contribution >= 4 is 28.4 Å². The van der Waals surface area contributed by atoms with Crippen LogP contribution in [-0.2, 0) is 4.74 Å². The van der Waals surface area contributed by atoms with E-state index in [1.54, 1.807) is 6.20 Å². The van der Waals surface area contributed by atoms with E-state index in [-0.39, 0.29) is 5.95 Å². The highest BCUT2D eigenvalue weighted by Gasteiger charge is 2.44. The van der Waals surface area contributed by atoms with E-state index in [9.17, 15) is 15.3 Å². The van der Waals surface area contributed by atoms with Crippen molar-refractivity contribution in [2.45, 2.75) is 24.5 Å². The first-order valence-electron chi connectivity index (χ1n) is 7.12. The zero-order valence-electron chi connectivity index (χ0n) is 12.2. The number of nitrogen functional groups attached to an aromatic ring is 1. The third-order valence-corrected chi connectivity index (χ3v) is 4.64. The van der Waals surface area contributed by atoms with Gasteiger partial charge in [-0.15, -0.1) is 11.3 Å². The van der Waals surface area contributed by atoms with Crippen LogP contribution in [0.5, 0.6) is 0 Å². The highest BCUT2D eigenvalue weighted by molar-refractivity contribution is 7.13. The molecule has 10 nitrogen and oxygen atoms in total. The zero-order valence-corrected chi connectivity index (χ0v) is 13.0. The molecule has 1 aliphatic rings. The predicted molar refractivity (Wildman–Crippen MR) is 83.9 cm³/mol. The number of nitrogens with two attached hydrogens (primary N) is 1. The molecule has 0 saturated carbocycles. The number of aromatic nitrogens is 5. The fraction of sp³-hybridized carbons (Fsp3) is 0.385. The van der Waals surface area contributed by atoms with Crippen molar-refractivity contribution in [1.82, 2.24) is 24.5 Å². The number of aliphatic hydroxyl groups excluding tert-OH is 3. The molecular formula is C13H14N6O4S. The number of aliphatic hydroxyl groups is 3. The molecule has 0 aliphatic carbocycles. The number of ether oxygens (including phenoxy) is 1. The number of hydrogen-bond acceptors (Lipinski definition) is 10. The summed E-state index contributed by atoms with van der Waals surface area (Å²) in [5.74, 6) is 0.0289. The van der Waals surface area contributed by atoms with E-state index >= 15 is 0 Å². The number of imidazole rings is 1. The summed E-state index contributed by atoms with van der Waals surface area (Å²) in [5.41, 5.74) is 7.08. The quantitative estimate of drug-likeness (QED) is 0.473. The Bertz CT molecular complexity index is 869. The van der Waals surface area contributed by atoms with Crippen molar-refractivity contribution < 1.29 is 20.1 Å². The fourth-order valence-corrected chi connectivity index (χ4v) is 3.35. The summed E-state index contributed by atoms with van der Waals surface area (Å²) in [6.45, 7) is -0.414. The van der Waals surface area contributed by atoms with Gasteiger partial charge < -0.3 is 25.8 Å². The third-order valence-electron chi connectivity index (χ3n) is 3.86. The summed E-state index contributed by atoms with van der Waals surface area (Å²) < 4.78 is 6.98. The second kappa shape index (κ2) is 5.72. The summed E-state index contributed by atoms with van der Waals surface area (Å²) >= 11 is 1.39. The number of thiazole rings is 1. The maximum absolute atomic E-state index is 10.2. The van der Waals surface area contributed by atoms with Crippen molar-refractivity contribution in [3.05, 3.63) is 17.9 Å². The molecule has 4 atom stereocenters. The molecule has 1 fully saturated rings. The molecule has 126 valence electrons. The lowest BCUT2D eigenvalue weighted by Crippen LogP contribution is -2.33. The molecule has 0 bridgehead atoms. The number of rotatable bonds is 3. The molecule has 5 N–H and O–H groups in total. The summed E-state index contributed by atoms with van der Waals surface area (Å²) in [7, 11) is 0.